The van der Waals surface area contributed by atoms with E-state index in [1.54, 1.807) is 12.1 Å². The summed E-state index contributed by atoms with van der Waals surface area (Å²) in [4.78, 5) is 35.5. The maximum absolute atomic E-state index is 13.5. The summed E-state index contributed by atoms with van der Waals surface area (Å²) in [6.45, 7) is 4.58. The van der Waals surface area contributed by atoms with Crippen LogP contribution in [0.25, 0.3) is 11.6 Å². The van der Waals surface area contributed by atoms with Gasteiger partial charge in [0.25, 0.3) is 11.8 Å². The van der Waals surface area contributed by atoms with Gasteiger partial charge in [0.05, 0.1) is 29.2 Å². The highest BCUT2D eigenvalue weighted by Crippen LogP contribution is 2.40. The van der Waals surface area contributed by atoms with Crippen LogP contribution in [-0.2, 0) is 4.79 Å². The number of anilines is 1. The average molecular weight is 468 g/mol. The molecule has 4 N–H and O–H groups in total. The topological polar surface area (TPSA) is 104 Å². The normalized spacial score (nSPS) is 20.8. The minimum absolute atomic E-state index is 0. The fraction of sp³-hybridized carbons (Fsp3) is 0.400. The first-order chi connectivity index (χ1) is 15.4. The summed E-state index contributed by atoms with van der Waals surface area (Å²) in [5.74, 6) is 3.30. The largest absolute Gasteiger partial charge is 0.342 e. The van der Waals surface area contributed by atoms with Gasteiger partial charge in [0.15, 0.2) is 0 Å². The number of carbonyl (C=O) groups is 2. The molecule has 8 heteroatoms. The number of fused-ring (bicyclic) bond motifs is 1. The minimum Gasteiger partial charge on any atom is -0.342 e. The Labute approximate surface area is 200 Å². The maximum Gasteiger partial charge on any atom is 0.259 e. The molecule has 1 aromatic heterocycles. The number of terminal acetylenes is 1. The van der Waals surface area contributed by atoms with Crippen molar-refractivity contribution in [1.82, 2.24) is 15.3 Å². The van der Waals surface area contributed by atoms with E-state index in [2.05, 4.69) is 21.2 Å². The van der Waals surface area contributed by atoms with E-state index in [0.29, 0.717) is 23.6 Å². The third-order valence-corrected chi connectivity index (χ3v) is 6.33. The van der Waals surface area contributed by atoms with Crippen molar-refractivity contribution in [3.63, 3.8) is 0 Å². The number of nitrogens with two attached hydrogens (primary N) is 1. The van der Waals surface area contributed by atoms with Gasteiger partial charge in [0.1, 0.15) is 5.82 Å². The van der Waals surface area contributed by atoms with Crippen LogP contribution in [0, 0.1) is 32.1 Å². The monoisotopic (exact) mass is 467 g/mol. The highest BCUT2D eigenvalue weighted by molar-refractivity contribution is 6.36. The Kier molecular flexibility index (Phi) is 7.62. The number of hydrogen-bond acceptors (Lipinski definition) is 4. The lowest BCUT2D eigenvalue weighted by atomic mass is 9.86. The standard InChI is InChI=1S/C25H29N5O2.ClH/c1-4-11-27-24(31)18-7-10-20-21(13-22-15(2)28-16(3)29-22)25(32)30(23(20)12-18)14-17-5-8-19(26)9-6-17;/h1,7,10,12-13,17,19H,5-6,8-9,11,14,26H2,2-3H3,(H,27,31)(H,28,29);1H/b21-13-;. The predicted octanol–water partition coefficient (Wildman–Crippen LogP) is 3.22. The van der Waals surface area contributed by atoms with Crippen LogP contribution in [0.1, 0.15) is 58.8 Å². The number of aryl methyl sites for hydroxylation is 2. The molecule has 1 aliphatic carbocycles. The van der Waals surface area contributed by atoms with E-state index in [9.17, 15) is 9.59 Å². The molecule has 2 aromatic rings. The summed E-state index contributed by atoms with van der Waals surface area (Å²) in [6.07, 6.45) is 11.1. The average Bonchev–Trinajstić information content (AvgIpc) is 3.23. The quantitative estimate of drug-likeness (QED) is 0.464. The van der Waals surface area contributed by atoms with Crippen molar-refractivity contribution >= 4 is 41.6 Å². The first-order valence-corrected chi connectivity index (χ1v) is 11.1. The molecule has 0 radical (unpaired) electrons. The number of halogens is 1. The Morgan fingerprint density at radius 3 is 2.70 bits per heavy atom. The molecular weight excluding hydrogens is 438 g/mol. The maximum atomic E-state index is 13.5. The Morgan fingerprint density at radius 2 is 2.06 bits per heavy atom. The predicted molar refractivity (Wildman–Crippen MR) is 133 cm³/mol. The molecule has 2 heterocycles. The molecular formula is C25H30ClN5O2. The number of H-pyrrole nitrogens is 1. The van der Waals surface area contributed by atoms with Crippen LogP contribution in [0.3, 0.4) is 0 Å². The van der Waals surface area contributed by atoms with E-state index < -0.39 is 0 Å². The molecule has 174 valence electrons. The summed E-state index contributed by atoms with van der Waals surface area (Å²) in [5.41, 5.74) is 10.4. The van der Waals surface area contributed by atoms with Gasteiger partial charge in [-0.05, 0) is 63.7 Å². The van der Waals surface area contributed by atoms with Crippen molar-refractivity contribution in [3.05, 3.63) is 46.5 Å². The molecule has 0 bridgehead atoms. The Bertz CT molecular complexity index is 1120. The fourth-order valence-corrected chi connectivity index (χ4v) is 4.59. The number of hydrogen-bond donors (Lipinski definition) is 3. The van der Waals surface area contributed by atoms with Crippen molar-refractivity contribution in [3.8, 4) is 12.3 Å². The zero-order valence-electron chi connectivity index (χ0n) is 19.0. The number of aromatic amines is 1. The summed E-state index contributed by atoms with van der Waals surface area (Å²) >= 11 is 0. The molecule has 0 atom stereocenters. The molecule has 1 aromatic carbocycles. The summed E-state index contributed by atoms with van der Waals surface area (Å²) in [7, 11) is 0. The molecule has 0 saturated heterocycles. The number of amides is 2. The Hall–Kier alpha value is -3.08. The van der Waals surface area contributed by atoms with E-state index in [1.165, 1.54) is 0 Å². The van der Waals surface area contributed by atoms with Crippen LogP contribution in [-0.4, -0.2) is 40.9 Å². The smallest absolute Gasteiger partial charge is 0.259 e. The van der Waals surface area contributed by atoms with Gasteiger partial charge in [-0.2, -0.15) is 0 Å². The van der Waals surface area contributed by atoms with Crippen molar-refractivity contribution < 1.29 is 9.59 Å². The van der Waals surface area contributed by atoms with Gasteiger partial charge in [-0.25, -0.2) is 4.98 Å². The first-order valence-electron chi connectivity index (χ1n) is 11.1. The fourth-order valence-electron chi connectivity index (χ4n) is 4.59. The molecule has 2 aliphatic rings. The molecule has 4 rings (SSSR count). The Balaban J connectivity index is 0.00000306. The van der Waals surface area contributed by atoms with Crippen LogP contribution in [0.15, 0.2) is 18.2 Å². The second-order valence-electron chi connectivity index (χ2n) is 8.69. The first kappa shape index (κ1) is 24.6. The molecule has 33 heavy (non-hydrogen) atoms. The lowest BCUT2D eigenvalue weighted by Gasteiger charge is -2.30. The second kappa shape index (κ2) is 10.2. The molecule has 1 aliphatic heterocycles. The molecule has 2 amide bonds. The number of aromatic nitrogens is 2. The summed E-state index contributed by atoms with van der Waals surface area (Å²) in [5, 5.41) is 2.69. The van der Waals surface area contributed by atoms with Gasteiger partial charge in [0, 0.05) is 23.7 Å². The summed E-state index contributed by atoms with van der Waals surface area (Å²) in [6, 6.07) is 5.62. The molecule has 7 nitrogen and oxygen atoms in total. The van der Waals surface area contributed by atoms with Crippen molar-refractivity contribution in [2.75, 3.05) is 18.0 Å². The molecule has 0 spiro atoms. The molecule has 0 unspecified atom stereocenters. The highest BCUT2D eigenvalue weighted by atomic mass is 35.5. The number of rotatable bonds is 5. The van der Waals surface area contributed by atoms with Gasteiger partial charge in [-0.3, -0.25) is 9.59 Å². The highest BCUT2D eigenvalue weighted by Gasteiger charge is 2.35. The minimum atomic E-state index is -0.251. The van der Waals surface area contributed by atoms with Crippen LogP contribution < -0.4 is 16.0 Å². The van der Waals surface area contributed by atoms with E-state index in [4.69, 9.17) is 12.2 Å². The second-order valence-corrected chi connectivity index (χ2v) is 8.69. The van der Waals surface area contributed by atoms with Crippen molar-refractivity contribution in [1.29, 1.82) is 0 Å². The zero-order chi connectivity index (χ0) is 22.8. The summed E-state index contributed by atoms with van der Waals surface area (Å²) < 4.78 is 0. The van der Waals surface area contributed by atoms with E-state index in [1.807, 2.05) is 30.9 Å². The van der Waals surface area contributed by atoms with Gasteiger partial charge in [0.2, 0.25) is 0 Å². The van der Waals surface area contributed by atoms with Crippen LogP contribution in [0.2, 0.25) is 0 Å². The number of nitrogens with one attached hydrogen (secondary N) is 2. The van der Waals surface area contributed by atoms with Crippen LogP contribution >= 0.6 is 12.4 Å². The van der Waals surface area contributed by atoms with Crippen LogP contribution in [0.4, 0.5) is 5.69 Å². The van der Waals surface area contributed by atoms with Crippen molar-refractivity contribution in [2.24, 2.45) is 11.7 Å². The van der Waals surface area contributed by atoms with E-state index >= 15 is 0 Å². The number of carbonyl (C=O) groups excluding carboxylic acids is 2. The Morgan fingerprint density at radius 1 is 1.33 bits per heavy atom. The lowest BCUT2D eigenvalue weighted by Crippen LogP contribution is -2.36. The molecule has 1 fully saturated rings. The third kappa shape index (κ3) is 5.13. The van der Waals surface area contributed by atoms with E-state index in [0.717, 1.165) is 54.1 Å². The van der Waals surface area contributed by atoms with Gasteiger partial charge in [-0.15, -0.1) is 18.8 Å². The zero-order valence-corrected chi connectivity index (χ0v) is 19.8. The SMILES string of the molecule is C#CCNC(=O)c1ccc2c(c1)N(CC1CCC(N)CC1)C(=O)/C2=C\c1[nH]c(C)nc1C.Cl. The van der Waals surface area contributed by atoms with Gasteiger partial charge < -0.3 is 20.9 Å². The van der Waals surface area contributed by atoms with E-state index in [-0.39, 0.29) is 36.8 Å². The molecule has 1 saturated carbocycles. The van der Waals surface area contributed by atoms with Crippen LogP contribution in [0.5, 0.6) is 0 Å². The van der Waals surface area contributed by atoms with Gasteiger partial charge in [-0.1, -0.05) is 12.0 Å². The number of benzene rings is 1. The van der Waals surface area contributed by atoms with Gasteiger partial charge >= 0.3 is 0 Å². The number of imidazole rings is 1. The lowest BCUT2D eigenvalue weighted by molar-refractivity contribution is -0.113. The van der Waals surface area contributed by atoms with Crippen molar-refractivity contribution in [2.45, 2.75) is 45.6 Å². The third-order valence-electron chi connectivity index (χ3n) is 6.33. The number of nitrogens with zero attached hydrogens (tertiary/aromatic N) is 2.